The second-order valence-electron chi connectivity index (χ2n) is 7.05. The molecule has 0 radical (unpaired) electrons. The molecule has 0 spiro atoms. The van der Waals surface area contributed by atoms with E-state index in [-0.39, 0.29) is 6.03 Å². The lowest BCUT2D eigenvalue weighted by Gasteiger charge is -2.37. The van der Waals surface area contributed by atoms with Gasteiger partial charge in [-0.1, -0.05) is 30.3 Å². The van der Waals surface area contributed by atoms with Crippen LogP contribution in [0.3, 0.4) is 0 Å². The molecule has 27 heavy (non-hydrogen) atoms. The fraction of sp³-hybridized carbons (Fsp3) is 0.409. The van der Waals surface area contributed by atoms with E-state index >= 15 is 0 Å². The number of ether oxygens (including phenoxy) is 1. The largest absolute Gasteiger partial charge is 0.497 e. The minimum absolute atomic E-state index is 0.0269. The van der Waals surface area contributed by atoms with Crippen LogP contribution in [0, 0.1) is 13.8 Å². The fourth-order valence-corrected chi connectivity index (χ4v) is 3.69. The number of anilines is 1. The van der Waals surface area contributed by atoms with Gasteiger partial charge in [-0.15, -0.1) is 0 Å². The van der Waals surface area contributed by atoms with Crippen molar-refractivity contribution in [1.29, 1.82) is 0 Å². The van der Waals surface area contributed by atoms with Crippen LogP contribution in [0.15, 0.2) is 42.5 Å². The Hall–Kier alpha value is -2.69. The summed E-state index contributed by atoms with van der Waals surface area (Å²) in [4.78, 5) is 16.8. The van der Waals surface area contributed by atoms with Gasteiger partial charge in [-0.25, -0.2) is 4.79 Å². The minimum Gasteiger partial charge on any atom is -0.497 e. The van der Waals surface area contributed by atoms with E-state index < -0.39 is 0 Å². The normalized spacial score (nSPS) is 14.2. The lowest BCUT2D eigenvalue weighted by atomic mass is 10.1. The van der Waals surface area contributed by atoms with Crippen LogP contribution in [0.25, 0.3) is 0 Å². The maximum absolute atomic E-state index is 12.5. The number of para-hydroxylation sites is 1. The third-order valence-corrected chi connectivity index (χ3v) is 5.15. The predicted molar refractivity (Wildman–Crippen MR) is 110 cm³/mol. The van der Waals surface area contributed by atoms with Crippen molar-refractivity contribution in [2.24, 2.45) is 0 Å². The highest BCUT2D eigenvalue weighted by Crippen LogP contribution is 2.25. The standard InChI is InChI=1S/C22H29N3O2/c1-17-6-4-7-18(2)21(17)24-12-14-25(15-13-24)22(26)23-11-10-19-8-5-9-20(16-19)27-3/h4-9,16H,10-15H2,1-3H3,(H,23,26). The zero-order valence-electron chi connectivity index (χ0n) is 16.5. The van der Waals surface area contributed by atoms with Gasteiger partial charge in [0.05, 0.1) is 7.11 Å². The number of amides is 2. The summed E-state index contributed by atoms with van der Waals surface area (Å²) in [7, 11) is 1.67. The fourth-order valence-electron chi connectivity index (χ4n) is 3.69. The molecule has 0 bridgehead atoms. The number of hydrogen-bond acceptors (Lipinski definition) is 3. The zero-order valence-corrected chi connectivity index (χ0v) is 16.5. The molecule has 144 valence electrons. The van der Waals surface area contributed by atoms with Crippen molar-refractivity contribution >= 4 is 11.7 Å². The second-order valence-corrected chi connectivity index (χ2v) is 7.05. The molecule has 2 aromatic carbocycles. The Bertz CT molecular complexity index is 763. The molecular weight excluding hydrogens is 338 g/mol. The molecule has 2 aromatic rings. The average molecular weight is 367 g/mol. The molecule has 0 atom stereocenters. The Morgan fingerprint density at radius 1 is 1.04 bits per heavy atom. The molecule has 1 heterocycles. The van der Waals surface area contributed by atoms with Crippen molar-refractivity contribution in [1.82, 2.24) is 10.2 Å². The molecule has 1 fully saturated rings. The van der Waals surface area contributed by atoms with Crippen molar-refractivity contribution in [3.63, 3.8) is 0 Å². The third kappa shape index (κ3) is 4.73. The molecule has 5 heteroatoms. The quantitative estimate of drug-likeness (QED) is 0.881. The van der Waals surface area contributed by atoms with Crippen LogP contribution in [0.5, 0.6) is 5.75 Å². The average Bonchev–Trinajstić information content (AvgIpc) is 2.68. The summed E-state index contributed by atoms with van der Waals surface area (Å²) in [6.45, 7) is 8.17. The Kier molecular flexibility index (Phi) is 6.22. The van der Waals surface area contributed by atoms with E-state index in [0.29, 0.717) is 6.54 Å². The number of benzene rings is 2. The maximum Gasteiger partial charge on any atom is 0.317 e. The van der Waals surface area contributed by atoms with Crippen molar-refractivity contribution in [2.45, 2.75) is 20.3 Å². The highest BCUT2D eigenvalue weighted by molar-refractivity contribution is 5.74. The number of nitrogens with zero attached hydrogens (tertiary/aromatic N) is 2. The molecule has 2 amide bonds. The Labute approximate surface area is 161 Å². The van der Waals surface area contributed by atoms with E-state index in [1.807, 2.05) is 23.1 Å². The SMILES string of the molecule is COc1cccc(CCNC(=O)N2CCN(c3c(C)cccc3C)CC2)c1. The number of piperazine rings is 1. The molecule has 1 aliphatic heterocycles. The smallest absolute Gasteiger partial charge is 0.317 e. The van der Waals surface area contributed by atoms with Gasteiger partial charge in [0.1, 0.15) is 5.75 Å². The van der Waals surface area contributed by atoms with E-state index in [0.717, 1.165) is 43.9 Å². The monoisotopic (exact) mass is 367 g/mol. The molecule has 5 nitrogen and oxygen atoms in total. The summed E-state index contributed by atoms with van der Waals surface area (Å²) in [5, 5.41) is 3.04. The molecule has 1 saturated heterocycles. The number of methoxy groups -OCH3 is 1. The van der Waals surface area contributed by atoms with Crippen molar-refractivity contribution < 1.29 is 9.53 Å². The van der Waals surface area contributed by atoms with Gasteiger partial charge in [0, 0.05) is 38.4 Å². The highest BCUT2D eigenvalue weighted by Gasteiger charge is 2.22. The summed E-state index contributed by atoms with van der Waals surface area (Å²) in [5.41, 5.74) is 5.07. The van der Waals surface area contributed by atoms with Crippen LogP contribution in [0.4, 0.5) is 10.5 Å². The summed E-state index contributed by atoms with van der Waals surface area (Å²) in [6.07, 6.45) is 0.797. The first-order chi connectivity index (χ1) is 13.1. The van der Waals surface area contributed by atoms with Crippen LogP contribution < -0.4 is 15.0 Å². The van der Waals surface area contributed by atoms with Crippen LogP contribution in [0.2, 0.25) is 0 Å². The molecule has 0 aromatic heterocycles. The predicted octanol–water partition coefficient (Wildman–Crippen LogP) is 3.39. The van der Waals surface area contributed by atoms with Gasteiger partial charge >= 0.3 is 6.03 Å². The molecule has 3 rings (SSSR count). The number of rotatable bonds is 5. The molecule has 0 saturated carbocycles. The number of hydrogen-bond donors (Lipinski definition) is 1. The van der Waals surface area contributed by atoms with Gasteiger partial charge in [-0.3, -0.25) is 0 Å². The minimum atomic E-state index is 0.0269. The summed E-state index contributed by atoms with van der Waals surface area (Å²) >= 11 is 0. The number of carbonyl (C=O) groups is 1. The van der Waals surface area contributed by atoms with Gasteiger partial charge in [-0.05, 0) is 49.1 Å². The highest BCUT2D eigenvalue weighted by atomic mass is 16.5. The van der Waals surface area contributed by atoms with Crippen LogP contribution in [-0.2, 0) is 6.42 Å². The molecule has 0 aliphatic carbocycles. The first-order valence-electron chi connectivity index (χ1n) is 9.55. The van der Waals surface area contributed by atoms with E-state index in [9.17, 15) is 4.79 Å². The zero-order chi connectivity index (χ0) is 19.2. The van der Waals surface area contributed by atoms with Crippen LogP contribution >= 0.6 is 0 Å². The first-order valence-corrected chi connectivity index (χ1v) is 9.55. The van der Waals surface area contributed by atoms with Crippen molar-refractivity contribution in [3.05, 3.63) is 59.2 Å². The molecular formula is C22H29N3O2. The lowest BCUT2D eigenvalue weighted by molar-refractivity contribution is 0.194. The topological polar surface area (TPSA) is 44.8 Å². The molecule has 0 unspecified atom stereocenters. The van der Waals surface area contributed by atoms with Crippen LogP contribution in [0.1, 0.15) is 16.7 Å². The first kappa shape index (κ1) is 19.1. The Morgan fingerprint density at radius 3 is 2.37 bits per heavy atom. The van der Waals surface area contributed by atoms with Gasteiger partial charge in [0.25, 0.3) is 0 Å². The number of nitrogens with one attached hydrogen (secondary N) is 1. The van der Waals surface area contributed by atoms with Gasteiger partial charge in [-0.2, -0.15) is 0 Å². The van der Waals surface area contributed by atoms with Crippen LogP contribution in [-0.4, -0.2) is 50.8 Å². The third-order valence-electron chi connectivity index (χ3n) is 5.15. The maximum atomic E-state index is 12.5. The van der Waals surface area contributed by atoms with E-state index in [1.54, 1.807) is 7.11 Å². The van der Waals surface area contributed by atoms with Crippen molar-refractivity contribution in [3.8, 4) is 5.75 Å². The number of carbonyl (C=O) groups excluding carboxylic acids is 1. The second kappa shape index (κ2) is 8.80. The van der Waals surface area contributed by atoms with E-state index in [2.05, 4.69) is 48.3 Å². The number of urea groups is 1. The van der Waals surface area contributed by atoms with Gasteiger partial charge in [0.15, 0.2) is 0 Å². The van der Waals surface area contributed by atoms with Crippen molar-refractivity contribution in [2.75, 3.05) is 44.7 Å². The number of aryl methyl sites for hydroxylation is 2. The van der Waals surface area contributed by atoms with Gasteiger partial charge < -0.3 is 19.9 Å². The Balaban J connectivity index is 1.47. The van der Waals surface area contributed by atoms with Gasteiger partial charge in [0.2, 0.25) is 0 Å². The van der Waals surface area contributed by atoms with E-state index in [4.69, 9.17) is 4.74 Å². The summed E-state index contributed by atoms with van der Waals surface area (Å²) in [5.74, 6) is 0.849. The van der Waals surface area contributed by atoms with E-state index in [1.165, 1.54) is 16.8 Å². The Morgan fingerprint density at radius 2 is 1.70 bits per heavy atom. The molecule has 1 aliphatic rings. The molecule has 1 N–H and O–H groups in total. The summed E-state index contributed by atoms with van der Waals surface area (Å²) < 4.78 is 5.24. The lowest BCUT2D eigenvalue weighted by Crippen LogP contribution is -2.52. The summed E-state index contributed by atoms with van der Waals surface area (Å²) in [6, 6.07) is 14.4.